The minimum absolute atomic E-state index is 0.0434. The molecule has 0 spiro atoms. The summed E-state index contributed by atoms with van der Waals surface area (Å²) in [7, 11) is 3.92. The molecule has 3 nitrogen and oxygen atoms in total. The van der Waals surface area contributed by atoms with Gasteiger partial charge in [-0.1, -0.05) is 12.1 Å². The predicted molar refractivity (Wildman–Crippen MR) is 53.3 cm³/mol. The van der Waals surface area contributed by atoms with Gasteiger partial charge in [-0.25, -0.2) is 0 Å². The summed E-state index contributed by atoms with van der Waals surface area (Å²) in [4.78, 5) is 1.98. The molecule has 0 heterocycles. The van der Waals surface area contributed by atoms with E-state index >= 15 is 0 Å². The lowest BCUT2D eigenvalue weighted by molar-refractivity contribution is 0.201. The molecule has 0 saturated heterocycles. The fraction of sp³-hybridized carbons (Fsp3) is 0.400. The maximum atomic E-state index is 8.62. The van der Waals surface area contributed by atoms with Crippen LogP contribution >= 0.6 is 0 Å². The molecule has 72 valence electrons. The Bertz CT molecular complexity index is 261. The largest absolute Gasteiger partial charge is 0.489 e. The third kappa shape index (κ3) is 2.63. The van der Waals surface area contributed by atoms with Crippen LogP contribution in [0.25, 0.3) is 0 Å². The van der Waals surface area contributed by atoms with Crippen molar-refractivity contribution in [2.75, 3.05) is 32.2 Å². The molecule has 0 aliphatic rings. The average Bonchev–Trinajstić information content (AvgIpc) is 2.15. The highest BCUT2D eigenvalue weighted by molar-refractivity contribution is 5.57. The van der Waals surface area contributed by atoms with Crippen molar-refractivity contribution in [3.63, 3.8) is 0 Å². The molecule has 0 aliphatic heterocycles. The Morgan fingerprint density at radius 2 is 2.00 bits per heavy atom. The van der Waals surface area contributed by atoms with Gasteiger partial charge in [-0.2, -0.15) is 0 Å². The second-order valence-electron chi connectivity index (χ2n) is 2.93. The van der Waals surface area contributed by atoms with E-state index in [9.17, 15) is 0 Å². The number of hydrogen-bond donors (Lipinski definition) is 1. The van der Waals surface area contributed by atoms with Gasteiger partial charge in [-0.15, -0.1) is 0 Å². The van der Waals surface area contributed by atoms with E-state index in [2.05, 4.69) is 0 Å². The van der Waals surface area contributed by atoms with Gasteiger partial charge in [0.25, 0.3) is 0 Å². The van der Waals surface area contributed by atoms with Gasteiger partial charge in [-0.05, 0) is 12.1 Å². The summed E-state index contributed by atoms with van der Waals surface area (Å²) in [5.74, 6) is 0.807. The van der Waals surface area contributed by atoms with Crippen LogP contribution in [-0.4, -0.2) is 32.4 Å². The van der Waals surface area contributed by atoms with E-state index in [4.69, 9.17) is 9.84 Å². The van der Waals surface area contributed by atoms with Crippen LogP contribution in [0.3, 0.4) is 0 Å². The van der Waals surface area contributed by atoms with Crippen LogP contribution in [0.15, 0.2) is 24.3 Å². The van der Waals surface area contributed by atoms with Crippen LogP contribution in [0.2, 0.25) is 0 Å². The molecule has 0 unspecified atom stereocenters. The zero-order chi connectivity index (χ0) is 9.68. The smallest absolute Gasteiger partial charge is 0.142 e. The number of ether oxygens (including phenoxy) is 1. The van der Waals surface area contributed by atoms with E-state index in [-0.39, 0.29) is 6.61 Å². The number of rotatable bonds is 4. The molecule has 1 aromatic carbocycles. The number of nitrogens with zero attached hydrogens (tertiary/aromatic N) is 1. The van der Waals surface area contributed by atoms with E-state index < -0.39 is 0 Å². The molecular weight excluding hydrogens is 166 g/mol. The number of anilines is 1. The third-order valence-corrected chi connectivity index (χ3v) is 1.70. The quantitative estimate of drug-likeness (QED) is 0.755. The highest BCUT2D eigenvalue weighted by Gasteiger charge is 2.03. The summed E-state index contributed by atoms with van der Waals surface area (Å²) in [5, 5.41) is 8.62. The molecule has 0 saturated carbocycles. The normalized spacial score (nSPS) is 9.77. The molecule has 0 radical (unpaired) electrons. The Kier molecular flexibility index (Phi) is 3.58. The predicted octanol–water partition coefficient (Wildman–Crippen LogP) is 1.12. The highest BCUT2D eigenvalue weighted by atomic mass is 16.5. The van der Waals surface area contributed by atoms with Gasteiger partial charge in [0.05, 0.1) is 12.3 Å². The molecule has 3 heteroatoms. The second-order valence-corrected chi connectivity index (χ2v) is 2.93. The molecule has 0 amide bonds. The van der Waals surface area contributed by atoms with Gasteiger partial charge in [0.1, 0.15) is 12.4 Å². The Hall–Kier alpha value is -1.22. The van der Waals surface area contributed by atoms with E-state index in [0.717, 1.165) is 11.4 Å². The van der Waals surface area contributed by atoms with Crippen LogP contribution in [0.4, 0.5) is 5.69 Å². The van der Waals surface area contributed by atoms with Crippen molar-refractivity contribution in [1.29, 1.82) is 0 Å². The van der Waals surface area contributed by atoms with Gasteiger partial charge in [-0.3, -0.25) is 0 Å². The third-order valence-electron chi connectivity index (χ3n) is 1.70. The standard InChI is InChI=1S/C10H15NO2/c1-11(2)9-5-3-4-6-10(9)13-8-7-12/h3-6,12H,7-8H2,1-2H3. The van der Waals surface area contributed by atoms with Crippen LogP contribution < -0.4 is 9.64 Å². The molecule has 0 bridgehead atoms. The Morgan fingerprint density at radius 1 is 1.31 bits per heavy atom. The van der Waals surface area contributed by atoms with Crippen molar-refractivity contribution in [2.24, 2.45) is 0 Å². The molecule has 0 aromatic heterocycles. The minimum atomic E-state index is 0.0434. The Morgan fingerprint density at radius 3 is 2.62 bits per heavy atom. The zero-order valence-electron chi connectivity index (χ0n) is 8.03. The highest BCUT2D eigenvalue weighted by Crippen LogP contribution is 2.25. The molecule has 0 fully saturated rings. The van der Waals surface area contributed by atoms with E-state index in [0.29, 0.717) is 6.61 Å². The van der Waals surface area contributed by atoms with Crippen LogP contribution in [0.1, 0.15) is 0 Å². The lowest BCUT2D eigenvalue weighted by Gasteiger charge is -2.16. The SMILES string of the molecule is CN(C)c1ccccc1OCCO. The van der Waals surface area contributed by atoms with Gasteiger partial charge < -0.3 is 14.7 Å². The fourth-order valence-corrected chi connectivity index (χ4v) is 1.10. The van der Waals surface area contributed by atoms with Gasteiger partial charge >= 0.3 is 0 Å². The number of aliphatic hydroxyl groups is 1. The van der Waals surface area contributed by atoms with Gasteiger partial charge in [0.15, 0.2) is 0 Å². The summed E-state index contributed by atoms with van der Waals surface area (Å²) in [6, 6.07) is 7.75. The Labute approximate surface area is 78.6 Å². The lowest BCUT2D eigenvalue weighted by Crippen LogP contribution is -2.11. The minimum Gasteiger partial charge on any atom is -0.489 e. The van der Waals surface area contributed by atoms with Crippen molar-refractivity contribution < 1.29 is 9.84 Å². The fourth-order valence-electron chi connectivity index (χ4n) is 1.10. The van der Waals surface area contributed by atoms with Crippen LogP contribution in [0, 0.1) is 0 Å². The van der Waals surface area contributed by atoms with Gasteiger partial charge in [0, 0.05) is 14.1 Å². The molecule has 1 N–H and O–H groups in total. The molecule has 1 aromatic rings. The molecule has 0 aliphatic carbocycles. The van der Waals surface area contributed by atoms with Crippen molar-refractivity contribution in [3.05, 3.63) is 24.3 Å². The molecular formula is C10H15NO2. The van der Waals surface area contributed by atoms with Crippen molar-refractivity contribution in [2.45, 2.75) is 0 Å². The summed E-state index contributed by atoms with van der Waals surface area (Å²) in [6.07, 6.45) is 0. The van der Waals surface area contributed by atoms with Crippen LogP contribution in [0.5, 0.6) is 5.75 Å². The van der Waals surface area contributed by atoms with Gasteiger partial charge in [0.2, 0.25) is 0 Å². The van der Waals surface area contributed by atoms with Crippen molar-refractivity contribution in [3.8, 4) is 5.75 Å². The number of benzene rings is 1. The number of para-hydroxylation sites is 2. The number of aliphatic hydroxyl groups excluding tert-OH is 1. The topological polar surface area (TPSA) is 32.7 Å². The Balaban J connectivity index is 2.78. The van der Waals surface area contributed by atoms with Crippen LogP contribution in [-0.2, 0) is 0 Å². The summed E-state index contributed by atoms with van der Waals surface area (Å²) >= 11 is 0. The number of hydrogen-bond acceptors (Lipinski definition) is 3. The first-order valence-corrected chi connectivity index (χ1v) is 4.25. The first-order valence-electron chi connectivity index (χ1n) is 4.25. The average molecular weight is 181 g/mol. The lowest BCUT2D eigenvalue weighted by atomic mass is 10.3. The molecule has 1 rings (SSSR count). The van der Waals surface area contributed by atoms with E-state index in [1.807, 2.05) is 43.3 Å². The van der Waals surface area contributed by atoms with E-state index in [1.54, 1.807) is 0 Å². The first-order chi connectivity index (χ1) is 6.25. The first kappa shape index (κ1) is 9.86. The maximum Gasteiger partial charge on any atom is 0.142 e. The summed E-state index contributed by atoms with van der Waals surface area (Å²) in [5.41, 5.74) is 1.02. The molecule has 13 heavy (non-hydrogen) atoms. The monoisotopic (exact) mass is 181 g/mol. The summed E-state index contributed by atoms with van der Waals surface area (Å²) in [6.45, 7) is 0.382. The molecule has 0 atom stereocenters. The van der Waals surface area contributed by atoms with E-state index in [1.165, 1.54) is 0 Å². The van der Waals surface area contributed by atoms with Crippen molar-refractivity contribution >= 4 is 5.69 Å². The summed E-state index contributed by atoms with van der Waals surface area (Å²) < 4.78 is 5.36. The maximum absolute atomic E-state index is 8.62. The zero-order valence-corrected chi connectivity index (χ0v) is 8.03. The second kappa shape index (κ2) is 4.72. The van der Waals surface area contributed by atoms with Crippen molar-refractivity contribution in [1.82, 2.24) is 0 Å².